The van der Waals surface area contributed by atoms with E-state index in [1.807, 2.05) is 13.8 Å². The van der Waals surface area contributed by atoms with Crippen LogP contribution in [-0.2, 0) is 16.1 Å². The standard InChI is InChI=1S/C13H19N3O3/c1-3-16-6-10(4-5-12(16)18)15-11(17)7-19-13(2)8-14-9-13/h4-6,14H,3,7-9H2,1-2H3,(H,15,17). The first-order valence-electron chi connectivity index (χ1n) is 6.37. The molecule has 6 heteroatoms. The highest BCUT2D eigenvalue weighted by atomic mass is 16.5. The molecule has 0 aromatic carbocycles. The topological polar surface area (TPSA) is 72.4 Å². The van der Waals surface area contributed by atoms with Crippen molar-refractivity contribution in [3.05, 3.63) is 28.7 Å². The van der Waals surface area contributed by atoms with Crippen LogP contribution < -0.4 is 16.2 Å². The molecule has 0 atom stereocenters. The SMILES string of the molecule is CCn1cc(NC(=O)COC2(C)CNC2)ccc1=O. The van der Waals surface area contributed by atoms with Crippen LogP contribution >= 0.6 is 0 Å². The first-order chi connectivity index (χ1) is 9.02. The molecule has 104 valence electrons. The highest BCUT2D eigenvalue weighted by Gasteiger charge is 2.32. The predicted molar refractivity (Wildman–Crippen MR) is 72.2 cm³/mol. The molecule has 6 nitrogen and oxygen atoms in total. The molecule has 2 heterocycles. The number of pyridine rings is 1. The van der Waals surface area contributed by atoms with Crippen LogP contribution in [0.2, 0.25) is 0 Å². The molecule has 2 rings (SSSR count). The van der Waals surface area contributed by atoms with E-state index in [-0.39, 0.29) is 23.7 Å². The molecule has 1 aliphatic heterocycles. The molecule has 0 saturated carbocycles. The van der Waals surface area contributed by atoms with Crippen LogP contribution in [0.25, 0.3) is 0 Å². The molecule has 0 spiro atoms. The zero-order chi connectivity index (χ0) is 13.9. The summed E-state index contributed by atoms with van der Waals surface area (Å²) in [6, 6.07) is 3.04. The van der Waals surface area contributed by atoms with Crippen molar-refractivity contribution in [3.63, 3.8) is 0 Å². The number of nitrogens with zero attached hydrogens (tertiary/aromatic N) is 1. The fourth-order valence-electron chi connectivity index (χ4n) is 1.87. The van der Waals surface area contributed by atoms with Gasteiger partial charge in [0.15, 0.2) is 0 Å². The summed E-state index contributed by atoms with van der Waals surface area (Å²) in [4.78, 5) is 23.2. The number of aryl methyl sites for hydroxylation is 1. The van der Waals surface area contributed by atoms with E-state index in [2.05, 4.69) is 10.6 Å². The molecule has 0 bridgehead atoms. The van der Waals surface area contributed by atoms with E-state index in [1.165, 1.54) is 10.6 Å². The van der Waals surface area contributed by atoms with Gasteiger partial charge in [-0.25, -0.2) is 0 Å². The third kappa shape index (κ3) is 3.42. The Morgan fingerprint density at radius 2 is 2.26 bits per heavy atom. The quantitative estimate of drug-likeness (QED) is 0.797. The van der Waals surface area contributed by atoms with Gasteiger partial charge in [0.05, 0.1) is 11.3 Å². The van der Waals surface area contributed by atoms with Crippen molar-refractivity contribution in [2.75, 3.05) is 25.0 Å². The molecule has 1 saturated heterocycles. The fourth-order valence-corrected chi connectivity index (χ4v) is 1.87. The van der Waals surface area contributed by atoms with E-state index in [9.17, 15) is 9.59 Å². The highest BCUT2D eigenvalue weighted by Crippen LogP contribution is 2.15. The number of anilines is 1. The van der Waals surface area contributed by atoms with Crippen LogP contribution in [0.5, 0.6) is 0 Å². The molecule has 0 unspecified atom stereocenters. The number of hydrogen-bond donors (Lipinski definition) is 2. The van der Waals surface area contributed by atoms with Gasteiger partial charge in [0.25, 0.3) is 5.56 Å². The lowest BCUT2D eigenvalue weighted by atomic mass is 10.0. The van der Waals surface area contributed by atoms with Crippen molar-refractivity contribution < 1.29 is 9.53 Å². The summed E-state index contributed by atoms with van der Waals surface area (Å²) in [6.07, 6.45) is 1.63. The lowest BCUT2D eigenvalue weighted by Crippen LogP contribution is -2.59. The summed E-state index contributed by atoms with van der Waals surface area (Å²) in [5.74, 6) is -0.213. The number of ether oxygens (including phenoxy) is 1. The van der Waals surface area contributed by atoms with Gasteiger partial charge in [-0.3, -0.25) is 9.59 Å². The van der Waals surface area contributed by atoms with Gasteiger partial charge in [0.2, 0.25) is 5.91 Å². The first-order valence-corrected chi connectivity index (χ1v) is 6.37. The van der Waals surface area contributed by atoms with Gasteiger partial charge in [-0.15, -0.1) is 0 Å². The number of nitrogens with one attached hydrogen (secondary N) is 2. The summed E-state index contributed by atoms with van der Waals surface area (Å²) in [5, 5.41) is 5.82. The van der Waals surface area contributed by atoms with E-state index < -0.39 is 0 Å². The Bertz CT molecular complexity index is 520. The third-order valence-corrected chi connectivity index (χ3v) is 3.16. The van der Waals surface area contributed by atoms with Gasteiger partial charge in [-0.2, -0.15) is 0 Å². The molecule has 2 N–H and O–H groups in total. The molecular weight excluding hydrogens is 246 g/mol. The molecule has 1 aliphatic rings. The number of hydrogen-bond acceptors (Lipinski definition) is 4. The van der Waals surface area contributed by atoms with Crippen LogP contribution in [-0.4, -0.2) is 35.8 Å². The second-order valence-electron chi connectivity index (χ2n) is 4.93. The number of amides is 1. The average Bonchev–Trinajstić information content (AvgIpc) is 2.36. The largest absolute Gasteiger partial charge is 0.363 e. The molecule has 1 fully saturated rings. The number of aromatic nitrogens is 1. The number of carbonyl (C=O) groups is 1. The molecular formula is C13H19N3O3. The second kappa shape index (κ2) is 5.54. The predicted octanol–water partition coefficient (Wildman–Crippen LogP) is 0.185. The maximum absolute atomic E-state index is 11.7. The minimum atomic E-state index is -0.237. The molecule has 19 heavy (non-hydrogen) atoms. The summed E-state index contributed by atoms with van der Waals surface area (Å²) in [6.45, 7) is 5.96. The maximum Gasteiger partial charge on any atom is 0.250 e. The smallest absolute Gasteiger partial charge is 0.250 e. The monoisotopic (exact) mass is 265 g/mol. The van der Waals surface area contributed by atoms with Crippen molar-refractivity contribution in [2.24, 2.45) is 0 Å². The summed E-state index contributed by atoms with van der Waals surface area (Å²) in [5.41, 5.74) is 0.288. The maximum atomic E-state index is 11.7. The molecule has 0 aliphatic carbocycles. The van der Waals surface area contributed by atoms with Crippen molar-refractivity contribution in [3.8, 4) is 0 Å². The fraction of sp³-hybridized carbons (Fsp3) is 0.538. The van der Waals surface area contributed by atoms with Crippen LogP contribution in [0.15, 0.2) is 23.1 Å². The van der Waals surface area contributed by atoms with Gasteiger partial charge in [-0.05, 0) is 19.9 Å². The zero-order valence-electron chi connectivity index (χ0n) is 11.2. The molecule has 1 aromatic rings. The van der Waals surface area contributed by atoms with E-state index in [0.717, 1.165) is 13.1 Å². The first kappa shape index (κ1) is 13.8. The molecule has 0 radical (unpaired) electrons. The van der Waals surface area contributed by atoms with E-state index in [4.69, 9.17) is 4.74 Å². The number of rotatable bonds is 5. The average molecular weight is 265 g/mol. The minimum Gasteiger partial charge on any atom is -0.363 e. The third-order valence-electron chi connectivity index (χ3n) is 3.16. The van der Waals surface area contributed by atoms with Crippen LogP contribution in [0.1, 0.15) is 13.8 Å². The van der Waals surface area contributed by atoms with Crippen LogP contribution in [0.4, 0.5) is 5.69 Å². The van der Waals surface area contributed by atoms with E-state index >= 15 is 0 Å². The van der Waals surface area contributed by atoms with E-state index in [0.29, 0.717) is 12.2 Å². The van der Waals surface area contributed by atoms with Gasteiger partial charge < -0.3 is 19.9 Å². The van der Waals surface area contributed by atoms with Crippen molar-refractivity contribution in [1.82, 2.24) is 9.88 Å². The summed E-state index contributed by atoms with van der Waals surface area (Å²) >= 11 is 0. The van der Waals surface area contributed by atoms with Crippen molar-refractivity contribution in [2.45, 2.75) is 26.0 Å². The van der Waals surface area contributed by atoms with Crippen LogP contribution in [0, 0.1) is 0 Å². The van der Waals surface area contributed by atoms with Crippen LogP contribution in [0.3, 0.4) is 0 Å². The second-order valence-corrected chi connectivity index (χ2v) is 4.93. The van der Waals surface area contributed by atoms with Crippen molar-refractivity contribution in [1.29, 1.82) is 0 Å². The minimum absolute atomic E-state index is 0.0173. The Hall–Kier alpha value is -1.66. The number of carbonyl (C=O) groups excluding carboxylic acids is 1. The van der Waals surface area contributed by atoms with Gasteiger partial charge in [-0.1, -0.05) is 0 Å². The molecule has 1 amide bonds. The van der Waals surface area contributed by atoms with Gasteiger partial charge in [0.1, 0.15) is 6.61 Å². The summed E-state index contributed by atoms with van der Waals surface area (Å²) < 4.78 is 7.07. The Labute approximate surface area is 111 Å². The van der Waals surface area contributed by atoms with Crippen molar-refractivity contribution >= 4 is 11.6 Å². The lowest BCUT2D eigenvalue weighted by Gasteiger charge is -2.38. The summed E-state index contributed by atoms with van der Waals surface area (Å²) in [7, 11) is 0. The Morgan fingerprint density at radius 3 is 2.84 bits per heavy atom. The lowest BCUT2D eigenvalue weighted by molar-refractivity contribution is -0.130. The van der Waals surface area contributed by atoms with Gasteiger partial charge in [0, 0.05) is 31.9 Å². The Kier molecular flexibility index (Phi) is 4.01. The molecule has 1 aromatic heterocycles. The Morgan fingerprint density at radius 1 is 1.53 bits per heavy atom. The Balaban J connectivity index is 1.89. The van der Waals surface area contributed by atoms with Gasteiger partial charge >= 0.3 is 0 Å². The zero-order valence-corrected chi connectivity index (χ0v) is 11.2. The highest BCUT2D eigenvalue weighted by molar-refractivity contribution is 5.91. The normalized spacial score (nSPS) is 16.7. The van der Waals surface area contributed by atoms with E-state index in [1.54, 1.807) is 12.3 Å².